The van der Waals surface area contributed by atoms with Crippen molar-refractivity contribution < 1.29 is 28.6 Å². The third kappa shape index (κ3) is 5.37. The Labute approximate surface area is 203 Å². The summed E-state index contributed by atoms with van der Waals surface area (Å²) in [4.78, 5) is 35.9. The molecule has 1 aliphatic rings. The van der Waals surface area contributed by atoms with Gasteiger partial charge < -0.3 is 24.9 Å². The molecule has 8 nitrogen and oxygen atoms in total. The monoisotopic (exact) mass is 476 g/mol. The zero-order valence-electron chi connectivity index (χ0n) is 19.6. The molecular weight excluding hydrogens is 448 g/mol. The number of fused-ring (bicyclic) bond motifs is 3. The molecule has 0 bridgehead atoms. The van der Waals surface area contributed by atoms with E-state index in [9.17, 15) is 19.5 Å². The van der Waals surface area contributed by atoms with Crippen LogP contribution in [0.2, 0.25) is 0 Å². The van der Waals surface area contributed by atoms with E-state index in [2.05, 4.69) is 34.9 Å². The summed E-state index contributed by atoms with van der Waals surface area (Å²) < 4.78 is 11.0. The van der Waals surface area contributed by atoms with Gasteiger partial charge in [-0.25, -0.2) is 4.79 Å². The molecule has 0 fully saturated rings. The predicted octanol–water partition coefficient (Wildman–Crippen LogP) is 4.40. The Balaban J connectivity index is 1.28. The number of alkyl carbamates (subject to hydrolysis) is 1. The number of hydrogen-bond donors (Lipinski definition) is 3. The van der Waals surface area contributed by atoms with Crippen LogP contribution in [0.4, 0.5) is 4.79 Å². The fraction of sp³-hybridized carbons (Fsp3) is 0.296. The molecule has 1 aliphatic carbocycles. The van der Waals surface area contributed by atoms with Crippen molar-refractivity contribution in [2.24, 2.45) is 11.8 Å². The van der Waals surface area contributed by atoms with Gasteiger partial charge in [0.15, 0.2) is 5.76 Å². The number of carboxylic acids is 1. The number of rotatable bonds is 9. The highest BCUT2D eigenvalue weighted by molar-refractivity contribution is 5.91. The number of carbonyl (C=O) groups excluding carboxylic acids is 2. The van der Waals surface area contributed by atoms with Crippen molar-refractivity contribution in [1.29, 1.82) is 0 Å². The summed E-state index contributed by atoms with van der Waals surface area (Å²) in [6.07, 6.45) is -0.588. The van der Waals surface area contributed by atoms with Crippen LogP contribution >= 0.6 is 0 Å². The number of hydrogen-bond acceptors (Lipinski definition) is 5. The van der Waals surface area contributed by atoms with Crippen LogP contribution in [0.25, 0.3) is 11.1 Å². The van der Waals surface area contributed by atoms with Crippen molar-refractivity contribution in [1.82, 2.24) is 10.6 Å². The maximum atomic E-state index is 12.3. The van der Waals surface area contributed by atoms with Crippen molar-refractivity contribution in [2.45, 2.75) is 26.3 Å². The summed E-state index contributed by atoms with van der Waals surface area (Å²) in [5, 5.41) is 14.5. The van der Waals surface area contributed by atoms with Gasteiger partial charge in [-0.05, 0) is 40.3 Å². The molecule has 35 heavy (non-hydrogen) atoms. The lowest BCUT2D eigenvalue weighted by atomic mass is 9.96. The number of benzene rings is 2. The molecule has 1 atom stereocenters. The van der Waals surface area contributed by atoms with Crippen molar-refractivity contribution >= 4 is 18.0 Å². The van der Waals surface area contributed by atoms with Crippen molar-refractivity contribution in [3.05, 3.63) is 83.3 Å². The smallest absolute Gasteiger partial charge is 0.407 e. The van der Waals surface area contributed by atoms with Gasteiger partial charge in [0, 0.05) is 12.5 Å². The Morgan fingerprint density at radius 1 is 0.943 bits per heavy atom. The molecule has 1 heterocycles. The summed E-state index contributed by atoms with van der Waals surface area (Å²) in [7, 11) is 0. The van der Waals surface area contributed by atoms with Gasteiger partial charge in [-0.3, -0.25) is 9.59 Å². The number of amides is 2. The summed E-state index contributed by atoms with van der Waals surface area (Å²) >= 11 is 0. The highest BCUT2D eigenvalue weighted by Gasteiger charge is 2.29. The molecule has 0 radical (unpaired) electrons. The summed E-state index contributed by atoms with van der Waals surface area (Å²) in [6.45, 7) is 3.82. The van der Waals surface area contributed by atoms with Crippen molar-refractivity contribution in [3.8, 4) is 11.1 Å². The Hall–Kier alpha value is -4.07. The lowest BCUT2D eigenvalue weighted by Gasteiger charge is -2.16. The summed E-state index contributed by atoms with van der Waals surface area (Å²) in [6, 6.07) is 19.3. The maximum Gasteiger partial charge on any atom is 0.407 e. The van der Waals surface area contributed by atoms with Crippen LogP contribution < -0.4 is 10.6 Å². The van der Waals surface area contributed by atoms with Gasteiger partial charge in [-0.15, -0.1) is 0 Å². The van der Waals surface area contributed by atoms with Crippen LogP contribution in [-0.4, -0.2) is 36.2 Å². The minimum absolute atomic E-state index is 0.000132. The zero-order valence-corrected chi connectivity index (χ0v) is 19.6. The molecule has 3 N–H and O–H groups in total. The molecule has 2 amide bonds. The standard InChI is InChI=1S/C27H28N2O6/c1-16(2)22(26(31)32)14-28-25(30)24-12-11-17(35-24)13-29-27(33)34-15-23-20-9-5-3-7-18(20)19-8-4-6-10-21(19)23/h3-12,16,22-23H,13-15H2,1-2H3,(H,28,30)(H,29,33)(H,31,32). The number of ether oxygens (including phenoxy) is 1. The average Bonchev–Trinajstić information content (AvgIpc) is 3.44. The van der Waals surface area contributed by atoms with E-state index in [0.717, 1.165) is 22.3 Å². The number of nitrogens with one attached hydrogen (secondary N) is 2. The Morgan fingerprint density at radius 2 is 1.57 bits per heavy atom. The van der Waals surface area contributed by atoms with Crippen LogP contribution in [-0.2, 0) is 16.1 Å². The first-order valence-electron chi connectivity index (χ1n) is 11.5. The fourth-order valence-electron chi connectivity index (χ4n) is 4.30. The van der Waals surface area contributed by atoms with Gasteiger partial charge in [0.2, 0.25) is 0 Å². The lowest BCUT2D eigenvalue weighted by molar-refractivity contribution is -0.142. The predicted molar refractivity (Wildman–Crippen MR) is 129 cm³/mol. The molecule has 1 aromatic heterocycles. The van der Waals surface area contributed by atoms with E-state index >= 15 is 0 Å². The number of aliphatic carboxylic acids is 1. The highest BCUT2D eigenvalue weighted by atomic mass is 16.5. The highest BCUT2D eigenvalue weighted by Crippen LogP contribution is 2.44. The van der Waals surface area contributed by atoms with Crippen molar-refractivity contribution in [2.75, 3.05) is 13.2 Å². The van der Waals surface area contributed by atoms with Crippen LogP contribution in [0.1, 0.15) is 47.2 Å². The summed E-state index contributed by atoms with van der Waals surface area (Å²) in [5.74, 6) is -1.90. The van der Waals surface area contributed by atoms with Crippen LogP contribution in [0.3, 0.4) is 0 Å². The molecule has 3 aromatic rings. The Morgan fingerprint density at radius 3 is 2.17 bits per heavy atom. The second-order valence-electron chi connectivity index (χ2n) is 8.84. The first kappa shape index (κ1) is 24.1. The van der Waals surface area contributed by atoms with Crippen LogP contribution in [0.5, 0.6) is 0 Å². The lowest BCUT2D eigenvalue weighted by Crippen LogP contribution is -2.35. The summed E-state index contributed by atoms with van der Waals surface area (Å²) in [5.41, 5.74) is 4.57. The number of carbonyl (C=O) groups is 3. The Bertz CT molecular complexity index is 1190. The largest absolute Gasteiger partial charge is 0.481 e. The minimum atomic E-state index is -0.965. The van der Waals surface area contributed by atoms with Crippen LogP contribution in [0.15, 0.2) is 65.1 Å². The second-order valence-corrected chi connectivity index (χ2v) is 8.84. The molecule has 2 aromatic carbocycles. The average molecular weight is 477 g/mol. The Kier molecular flexibility index (Phi) is 7.19. The maximum absolute atomic E-state index is 12.3. The SMILES string of the molecule is CC(C)C(CNC(=O)c1ccc(CNC(=O)OCC2c3ccccc3-c3ccccc32)o1)C(=O)O. The van der Waals surface area contributed by atoms with Gasteiger partial charge in [0.1, 0.15) is 12.4 Å². The number of furan rings is 1. The van der Waals surface area contributed by atoms with E-state index in [0.29, 0.717) is 5.76 Å². The van der Waals surface area contributed by atoms with Crippen LogP contribution in [0, 0.1) is 11.8 Å². The molecule has 0 aliphatic heterocycles. The topological polar surface area (TPSA) is 118 Å². The molecule has 0 saturated heterocycles. The van der Waals surface area contributed by atoms with E-state index in [-0.39, 0.29) is 37.3 Å². The van der Waals surface area contributed by atoms with E-state index < -0.39 is 23.9 Å². The molecule has 4 rings (SSSR count). The van der Waals surface area contributed by atoms with Gasteiger partial charge in [-0.2, -0.15) is 0 Å². The third-order valence-electron chi connectivity index (χ3n) is 6.24. The molecule has 0 saturated carbocycles. The van der Waals surface area contributed by atoms with E-state index in [4.69, 9.17) is 9.15 Å². The third-order valence-corrected chi connectivity index (χ3v) is 6.24. The van der Waals surface area contributed by atoms with Gasteiger partial charge >= 0.3 is 12.1 Å². The second kappa shape index (κ2) is 10.5. The first-order chi connectivity index (χ1) is 16.8. The fourth-order valence-corrected chi connectivity index (χ4v) is 4.30. The van der Waals surface area contributed by atoms with Gasteiger partial charge in [0.05, 0.1) is 12.5 Å². The zero-order chi connectivity index (χ0) is 24.9. The molecule has 0 spiro atoms. The van der Waals surface area contributed by atoms with E-state index in [1.807, 2.05) is 24.3 Å². The van der Waals surface area contributed by atoms with Gasteiger partial charge in [0.25, 0.3) is 5.91 Å². The first-order valence-corrected chi connectivity index (χ1v) is 11.5. The molecular formula is C27H28N2O6. The molecule has 182 valence electrons. The minimum Gasteiger partial charge on any atom is -0.481 e. The molecule has 8 heteroatoms. The van der Waals surface area contributed by atoms with Gasteiger partial charge in [-0.1, -0.05) is 62.4 Å². The van der Waals surface area contributed by atoms with E-state index in [1.54, 1.807) is 19.9 Å². The number of carboxylic acid groups (broad SMARTS) is 1. The van der Waals surface area contributed by atoms with E-state index in [1.165, 1.54) is 6.07 Å². The normalized spacial score (nSPS) is 13.1. The van der Waals surface area contributed by atoms with Crippen molar-refractivity contribution in [3.63, 3.8) is 0 Å². The molecule has 1 unspecified atom stereocenters. The quantitative estimate of drug-likeness (QED) is 0.421.